The first-order chi connectivity index (χ1) is 8.97. The normalized spacial score (nSPS) is 17.1. The van der Waals surface area contributed by atoms with E-state index in [2.05, 4.69) is 31.7 Å². The van der Waals surface area contributed by atoms with Gasteiger partial charge in [-0.3, -0.25) is 0 Å². The number of rotatable bonds is 4. The summed E-state index contributed by atoms with van der Waals surface area (Å²) >= 11 is 0. The summed E-state index contributed by atoms with van der Waals surface area (Å²) in [6.07, 6.45) is 4.57. The van der Waals surface area contributed by atoms with Crippen LogP contribution in [0.25, 0.3) is 0 Å². The first-order valence-electron chi connectivity index (χ1n) is 7.48. The standard InChI is InChI=1S/C17H26FN/c1-17(2,3)15-8-9-16(18)14(13-15)7-6-12-19-10-4-5-11-19/h8-9,13H,4-7,10-12H2,1-3H3. The highest BCUT2D eigenvalue weighted by Gasteiger charge is 2.16. The monoisotopic (exact) mass is 263 g/mol. The van der Waals surface area contributed by atoms with Gasteiger partial charge in [0.05, 0.1) is 0 Å². The Morgan fingerprint density at radius 1 is 1.16 bits per heavy atom. The average molecular weight is 263 g/mol. The highest BCUT2D eigenvalue weighted by Crippen LogP contribution is 2.24. The third-order valence-electron chi connectivity index (χ3n) is 4.03. The summed E-state index contributed by atoms with van der Waals surface area (Å²) in [5.74, 6) is -0.0468. The molecule has 1 aliphatic heterocycles. The maximum atomic E-state index is 13.8. The molecule has 0 spiro atoms. The van der Waals surface area contributed by atoms with Crippen LogP contribution in [0.5, 0.6) is 0 Å². The molecule has 1 aliphatic rings. The molecule has 0 unspecified atom stereocenters. The number of aryl methyl sites for hydroxylation is 1. The molecule has 106 valence electrons. The quantitative estimate of drug-likeness (QED) is 0.788. The van der Waals surface area contributed by atoms with Crippen molar-refractivity contribution in [3.63, 3.8) is 0 Å². The molecule has 1 heterocycles. The van der Waals surface area contributed by atoms with Crippen molar-refractivity contribution in [2.24, 2.45) is 0 Å². The first kappa shape index (κ1) is 14.5. The molecule has 0 amide bonds. The molecule has 0 aromatic heterocycles. The highest BCUT2D eigenvalue weighted by atomic mass is 19.1. The van der Waals surface area contributed by atoms with Crippen molar-refractivity contribution in [3.05, 3.63) is 35.1 Å². The lowest BCUT2D eigenvalue weighted by molar-refractivity contribution is 0.333. The van der Waals surface area contributed by atoms with Crippen molar-refractivity contribution in [1.82, 2.24) is 4.90 Å². The van der Waals surface area contributed by atoms with Crippen LogP contribution >= 0.6 is 0 Å². The van der Waals surface area contributed by atoms with E-state index in [1.165, 1.54) is 31.5 Å². The first-order valence-corrected chi connectivity index (χ1v) is 7.48. The molecule has 0 saturated carbocycles. The zero-order chi connectivity index (χ0) is 13.9. The van der Waals surface area contributed by atoms with Gasteiger partial charge in [-0.1, -0.05) is 32.9 Å². The second kappa shape index (κ2) is 6.04. The molecule has 0 atom stereocenters. The Labute approximate surface area is 116 Å². The van der Waals surface area contributed by atoms with E-state index in [1.807, 2.05) is 6.07 Å². The Balaban J connectivity index is 1.94. The molecule has 2 heteroatoms. The Kier molecular flexibility index (Phi) is 4.62. The molecule has 1 aromatic rings. The lowest BCUT2D eigenvalue weighted by Gasteiger charge is -2.20. The van der Waals surface area contributed by atoms with Crippen molar-refractivity contribution in [2.75, 3.05) is 19.6 Å². The van der Waals surface area contributed by atoms with Gasteiger partial charge in [-0.25, -0.2) is 4.39 Å². The Morgan fingerprint density at radius 3 is 2.47 bits per heavy atom. The number of likely N-dealkylation sites (tertiary alicyclic amines) is 1. The lowest BCUT2D eigenvalue weighted by Crippen LogP contribution is -2.21. The second-order valence-corrected chi connectivity index (χ2v) is 6.71. The minimum Gasteiger partial charge on any atom is -0.303 e. The maximum Gasteiger partial charge on any atom is 0.126 e. The van der Waals surface area contributed by atoms with E-state index in [9.17, 15) is 4.39 Å². The fourth-order valence-corrected chi connectivity index (χ4v) is 2.73. The maximum absolute atomic E-state index is 13.8. The molecule has 0 radical (unpaired) electrons. The van der Waals surface area contributed by atoms with E-state index in [0.717, 1.165) is 24.9 Å². The van der Waals surface area contributed by atoms with E-state index in [4.69, 9.17) is 0 Å². The number of halogens is 1. The van der Waals surface area contributed by atoms with Crippen molar-refractivity contribution < 1.29 is 4.39 Å². The predicted molar refractivity (Wildman–Crippen MR) is 79.1 cm³/mol. The Morgan fingerprint density at radius 2 is 1.84 bits per heavy atom. The minimum atomic E-state index is -0.0468. The van der Waals surface area contributed by atoms with Crippen molar-refractivity contribution in [3.8, 4) is 0 Å². The molecule has 0 bridgehead atoms. The average Bonchev–Trinajstić information content (AvgIpc) is 2.83. The number of hydrogen-bond donors (Lipinski definition) is 0. The predicted octanol–water partition coefficient (Wildman–Crippen LogP) is 4.15. The van der Waals surface area contributed by atoms with Gasteiger partial charge in [-0.2, -0.15) is 0 Å². The summed E-state index contributed by atoms with van der Waals surface area (Å²) in [5.41, 5.74) is 2.20. The molecule has 1 fully saturated rings. The Hall–Kier alpha value is -0.890. The molecular weight excluding hydrogens is 237 g/mol. The topological polar surface area (TPSA) is 3.24 Å². The zero-order valence-electron chi connectivity index (χ0n) is 12.5. The molecule has 0 N–H and O–H groups in total. The van der Waals surface area contributed by atoms with Gasteiger partial charge in [0.2, 0.25) is 0 Å². The highest BCUT2D eigenvalue weighted by molar-refractivity contribution is 5.29. The van der Waals surface area contributed by atoms with Crippen molar-refractivity contribution in [2.45, 2.75) is 51.9 Å². The molecule has 1 nitrogen and oxygen atoms in total. The molecular formula is C17H26FN. The number of benzene rings is 1. The number of nitrogens with zero attached hydrogens (tertiary/aromatic N) is 1. The van der Waals surface area contributed by atoms with Crippen LogP contribution in [0.1, 0.15) is 51.2 Å². The van der Waals surface area contributed by atoms with Gasteiger partial charge in [0.1, 0.15) is 5.82 Å². The van der Waals surface area contributed by atoms with E-state index in [1.54, 1.807) is 6.07 Å². The van der Waals surface area contributed by atoms with Gasteiger partial charge >= 0.3 is 0 Å². The van der Waals surface area contributed by atoms with Crippen molar-refractivity contribution in [1.29, 1.82) is 0 Å². The van der Waals surface area contributed by atoms with Gasteiger partial charge in [0, 0.05) is 0 Å². The zero-order valence-corrected chi connectivity index (χ0v) is 12.5. The van der Waals surface area contributed by atoms with Crippen LogP contribution in [-0.4, -0.2) is 24.5 Å². The molecule has 19 heavy (non-hydrogen) atoms. The van der Waals surface area contributed by atoms with Crippen LogP contribution in [0, 0.1) is 5.82 Å². The van der Waals surface area contributed by atoms with E-state index >= 15 is 0 Å². The van der Waals surface area contributed by atoms with Crippen LogP contribution in [-0.2, 0) is 11.8 Å². The number of hydrogen-bond acceptors (Lipinski definition) is 1. The molecule has 1 saturated heterocycles. The van der Waals surface area contributed by atoms with Gasteiger partial charge in [-0.15, -0.1) is 0 Å². The van der Waals surface area contributed by atoms with Crippen LogP contribution in [0.4, 0.5) is 4.39 Å². The summed E-state index contributed by atoms with van der Waals surface area (Å²) in [7, 11) is 0. The summed E-state index contributed by atoms with van der Waals surface area (Å²) < 4.78 is 13.8. The third-order valence-corrected chi connectivity index (χ3v) is 4.03. The van der Waals surface area contributed by atoms with Gasteiger partial charge in [-0.05, 0) is 67.9 Å². The summed E-state index contributed by atoms with van der Waals surface area (Å²) in [4.78, 5) is 2.49. The van der Waals surface area contributed by atoms with Gasteiger partial charge in [0.25, 0.3) is 0 Å². The second-order valence-electron chi connectivity index (χ2n) is 6.71. The third kappa shape index (κ3) is 4.04. The van der Waals surface area contributed by atoms with Crippen LogP contribution in [0.15, 0.2) is 18.2 Å². The smallest absolute Gasteiger partial charge is 0.126 e. The van der Waals surface area contributed by atoms with Gasteiger partial charge in [0.15, 0.2) is 0 Å². The van der Waals surface area contributed by atoms with E-state index in [-0.39, 0.29) is 11.2 Å². The molecule has 0 aliphatic carbocycles. The lowest BCUT2D eigenvalue weighted by atomic mass is 9.85. The molecule has 2 rings (SSSR count). The van der Waals surface area contributed by atoms with Gasteiger partial charge < -0.3 is 4.90 Å². The summed E-state index contributed by atoms with van der Waals surface area (Å²) in [6.45, 7) is 10.1. The van der Waals surface area contributed by atoms with Crippen LogP contribution < -0.4 is 0 Å². The minimum absolute atomic E-state index is 0.0468. The fraction of sp³-hybridized carbons (Fsp3) is 0.647. The van der Waals surface area contributed by atoms with E-state index < -0.39 is 0 Å². The summed E-state index contributed by atoms with van der Waals surface area (Å²) in [5, 5.41) is 0. The van der Waals surface area contributed by atoms with Crippen LogP contribution in [0.3, 0.4) is 0 Å². The summed E-state index contributed by atoms with van der Waals surface area (Å²) in [6, 6.07) is 5.60. The largest absolute Gasteiger partial charge is 0.303 e. The van der Waals surface area contributed by atoms with Crippen LogP contribution in [0.2, 0.25) is 0 Å². The van der Waals surface area contributed by atoms with Crippen molar-refractivity contribution >= 4 is 0 Å². The Bertz CT molecular complexity index is 414. The fourth-order valence-electron chi connectivity index (χ4n) is 2.73. The molecule has 1 aromatic carbocycles. The van der Waals surface area contributed by atoms with E-state index in [0.29, 0.717) is 0 Å². The SMILES string of the molecule is CC(C)(C)c1ccc(F)c(CCCN2CCCC2)c1.